The largest absolute Gasteiger partial charge is 0.274 e. The number of anilines is 1. The first-order chi connectivity index (χ1) is 8.60. The Morgan fingerprint density at radius 2 is 1.72 bits per heavy atom. The van der Waals surface area contributed by atoms with Crippen LogP contribution in [0.25, 0.3) is 0 Å². The summed E-state index contributed by atoms with van der Waals surface area (Å²) in [7, 11) is 0. The fourth-order valence-corrected chi connectivity index (χ4v) is 2.34. The van der Waals surface area contributed by atoms with Crippen LogP contribution < -0.4 is 4.90 Å². The fraction of sp³-hybridized carbons (Fsp3) is 0.333. The summed E-state index contributed by atoms with van der Waals surface area (Å²) in [6.45, 7) is 7.71. The van der Waals surface area contributed by atoms with E-state index in [-0.39, 0.29) is 18.2 Å². The molecule has 18 heavy (non-hydrogen) atoms. The SMILES string of the molecule is C=C1CC(=O)N(c2c(CC)cccc2CC)C1=O. The molecule has 2 amide bonds. The van der Waals surface area contributed by atoms with Crippen LogP contribution >= 0.6 is 0 Å². The third-order valence-electron chi connectivity index (χ3n) is 3.31. The van der Waals surface area contributed by atoms with E-state index in [1.165, 1.54) is 4.90 Å². The molecule has 1 aromatic carbocycles. The summed E-state index contributed by atoms with van der Waals surface area (Å²) in [4.78, 5) is 25.3. The van der Waals surface area contributed by atoms with Crippen LogP contribution in [-0.2, 0) is 22.4 Å². The number of amides is 2. The van der Waals surface area contributed by atoms with Crippen molar-refractivity contribution in [3.05, 3.63) is 41.5 Å². The number of imide groups is 1. The van der Waals surface area contributed by atoms with Crippen LogP contribution in [0.1, 0.15) is 31.4 Å². The van der Waals surface area contributed by atoms with Crippen molar-refractivity contribution in [2.45, 2.75) is 33.1 Å². The minimum Gasteiger partial charge on any atom is -0.274 e. The highest BCUT2D eigenvalue weighted by molar-refractivity contribution is 6.28. The first-order valence-corrected chi connectivity index (χ1v) is 6.26. The van der Waals surface area contributed by atoms with Crippen LogP contribution in [0, 0.1) is 0 Å². The van der Waals surface area contributed by atoms with Crippen molar-refractivity contribution in [1.29, 1.82) is 0 Å². The molecule has 1 fully saturated rings. The Bertz CT molecular complexity index is 509. The van der Waals surface area contributed by atoms with Gasteiger partial charge in [0.2, 0.25) is 5.91 Å². The maximum Gasteiger partial charge on any atom is 0.260 e. The molecule has 0 spiro atoms. The molecule has 1 aliphatic rings. The van der Waals surface area contributed by atoms with Gasteiger partial charge in [-0.3, -0.25) is 9.59 Å². The Kier molecular flexibility index (Phi) is 3.32. The Morgan fingerprint density at radius 1 is 1.17 bits per heavy atom. The molecule has 1 saturated heterocycles. The summed E-state index contributed by atoms with van der Waals surface area (Å²) in [5, 5.41) is 0. The Hall–Kier alpha value is -1.90. The van der Waals surface area contributed by atoms with Gasteiger partial charge >= 0.3 is 0 Å². The molecule has 94 valence electrons. The number of hydrogen-bond donors (Lipinski definition) is 0. The molecule has 0 aliphatic carbocycles. The molecule has 0 bridgehead atoms. The van der Waals surface area contributed by atoms with Crippen molar-refractivity contribution < 1.29 is 9.59 Å². The van der Waals surface area contributed by atoms with E-state index in [2.05, 4.69) is 6.58 Å². The maximum absolute atomic E-state index is 12.1. The summed E-state index contributed by atoms with van der Waals surface area (Å²) in [6.07, 6.45) is 1.74. The van der Waals surface area contributed by atoms with Gasteiger partial charge in [-0.2, -0.15) is 0 Å². The van der Waals surface area contributed by atoms with Crippen molar-refractivity contribution in [1.82, 2.24) is 0 Å². The average Bonchev–Trinajstić information content (AvgIpc) is 2.62. The topological polar surface area (TPSA) is 37.4 Å². The van der Waals surface area contributed by atoms with Crippen molar-refractivity contribution in [2.24, 2.45) is 0 Å². The van der Waals surface area contributed by atoms with Gasteiger partial charge < -0.3 is 0 Å². The van der Waals surface area contributed by atoms with E-state index in [0.29, 0.717) is 5.57 Å². The lowest BCUT2D eigenvalue weighted by Crippen LogP contribution is -2.30. The third kappa shape index (κ3) is 1.86. The van der Waals surface area contributed by atoms with E-state index in [1.807, 2.05) is 32.0 Å². The van der Waals surface area contributed by atoms with Crippen LogP contribution in [0.2, 0.25) is 0 Å². The zero-order valence-corrected chi connectivity index (χ0v) is 10.8. The summed E-state index contributed by atoms with van der Waals surface area (Å²) < 4.78 is 0. The van der Waals surface area contributed by atoms with Crippen LogP contribution in [0.15, 0.2) is 30.4 Å². The molecule has 0 unspecified atom stereocenters. The smallest absolute Gasteiger partial charge is 0.260 e. The molecule has 2 rings (SSSR count). The summed E-state index contributed by atoms with van der Waals surface area (Å²) in [5.74, 6) is -0.420. The van der Waals surface area contributed by atoms with Gasteiger partial charge in [0.15, 0.2) is 0 Å². The quantitative estimate of drug-likeness (QED) is 0.604. The van der Waals surface area contributed by atoms with E-state index < -0.39 is 0 Å². The predicted octanol–water partition coefficient (Wildman–Crippen LogP) is 2.63. The number of benzene rings is 1. The number of rotatable bonds is 3. The minimum atomic E-state index is -0.254. The molecule has 0 aromatic heterocycles. The summed E-state index contributed by atoms with van der Waals surface area (Å²) in [5.41, 5.74) is 3.22. The highest BCUT2D eigenvalue weighted by Gasteiger charge is 2.35. The molecular weight excluding hydrogens is 226 g/mol. The second kappa shape index (κ2) is 4.77. The summed E-state index contributed by atoms with van der Waals surface area (Å²) in [6, 6.07) is 5.91. The van der Waals surface area contributed by atoms with Gasteiger partial charge in [0.1, 0.15) is 0 Å². The summed E-state index contributed by atoms with van der Waals surface area (Å²) >= 11 is 0. The van der Waals surface area contributed by atoms with E-state index >= 15 is 0 Å². The first kappa shape index (κ1) is 12.6. The molecule has 0 radical (unpaired) electrons. The van der Waals surface area contributed by atoms with Gasteiger partial charge in [-0.15, -0.1) is 0 Å². The first-order valence-electron chi connectivity index (χ1n) is 6.26. The maximum atomic E-state index is 12.1. The van der Waals surface area contributed by atoms with Gasteiger partial charge in [0, 0.05) is 5.57 Å². The Balaban J connectivity index is 2.59. The number of para-hydroxylation sites is 1. The number of aryl methyl sites for hydroxylation is 2. The molecular formula is C15H17NO2. The van der Waals surface area contributed by atoms with E-state index in [9.17, 15) is 9.59 Å². The van der Waals surface area contributed by atoms with Crippen molar-refractivity contribution in [3.63, 3.8) is 0 Å². The Labute approximate surface area is 107 Å². The zero-order chi connectivity index (χ0) is 13.3. The van der Waals surface area contributed by atoms with Crippen LogP contribution in [0.3, 0.4) is 0 Å². The average molecular weight is 243 g/mol. The lowest BCUT2D eigenvalue weighted by Gasteiger charge is -2.21. The molecule has 3 nitrogen and oxygen atoms in total. The van der Waals surface area contributed by atoms with Gasteiger partial charge in [0.05, 0.1) is 12.1 Å². The minimum absolute atomic E-state index is 0.139. The molecule has 0 N–H and O–H groups in total. The number of carbonyl (C=O) groups excluding carboxylic acids is 2. The highest BCUT2D eigenvalue weighted by Crippen LogP contribution is 2.32. The Morgan fingerprint density at radius 3 is 2.11 bits per heavy atom. The number of nitrogens with zero attached hydrogens (tertiary/aromatic N) is 1. The van der Waals surface area contributed by atoms with E-state index in [1.54, 1.807) is 0 Å². The highest BCUT2D eigenvalue weighted by atomic mass is 16.2. The van der Waals surface area contributed by atoms with Crippen LogP contribution in [0.4, 0.5) is 5.69 Å². The van der Waals surface area contributed by atoms with Crippen molar-refractivity contribution in [2.75, 3.05) is 4.90 Å². The van der Waals surface area contributed by atoms with Gasteiger partial charge in [-0.05, 0) is 24.0 Å². The molecule has 0 atom stereocenters. The lowest BCUT2D eigenvalue weighted by atomic mass is 10.0. The van der Waals surface area contributed by atoms with Crippen LogP contribution in [-0.4, -0.2) is 11.8 Å². The van der Waals surface area contributed by atoms with Gasteiger partial charge in [-0.25, -0.2) is 4.90 Å². The van der Waals surface area contributed by atoms with Crippen molar-refractivity contribution in [3.8, 4) is 0 Å². The van der Waals surface area contributed by atoms with E-state index in [4.69, 9.17) is 0 Å². The molecule has 3 heteroatoms. The second-order valence-corrected chi connectivity index (χ2v) is 4.45. The fourth-order valence-electron chi connectivity index (χ4n) is 2.34. The standard InChI is InChI=1S/C15H17NO2/c1-4-11-7-6-8-12(5-2)14(11)16-13(17)9-10(3)15(16)18/h6-8H,3-5,9H2,1-2H3. The molecule has 1 heterocycles. The van der Waals surface area contributed by atoms with Gasteiger partial charge in [-0.1, -0.05) is 38.6 Å². The van der Waals surface area contributed by atoms with Crippen molar-refractivity contribution >= 4 is 17.5 Å². The lowest BCUT2D eigenvalue weighted by molar-refractivity contribution is -0.120. The van der Waals surface area contributed by atoms with Gasteiger partial charge in [0.25, 0.3) is 5.91 Å². The molecule has 0 saturated carbocycles. The normalized spacial score (nSPS) is 15.7. The zero-order valence-electron chi connectivity index (χ0n) is 10.8. The third-order valence-corrected chi connectivity index (χ3v) is 3.31. The molecule has 1 aromatic rings. The molecule has 1 aliphatic heterocycles. The second-order valence-electron chi connectivity index (χ2n) is 4.45. The van der Waals surface area contributed by atoms with Crippen LogP contribution in [0.5, 0.6) is 0 Å². The number of hydrogen-bond acceptors (Lipinski definition) is 2. The predicted molar refractivity (Wildman–Crippen MR) is 71.4 cm³/mol. The monoisotopic (exact) mass is 243 g/mol. The number of carbonyl (C=O) groups is 2. The van der Waals surface area contributed by atoms with E-state index in [0.717, 1.165) is 29.7 Å².